The molecule has 0 aliphatic carbocycles. The molecule has 5 nitrogen and oxygen atoms in total. The van der Waals surface area contributed by atoms with Gasteiger partial charge in [-0.05, 0) is 18.2 Å². The van der Waals surface area contributed by atoms with Crippen LogP contribution in [0.15, 0.2) is 59.5 Å². The van der Waals surface area contributed by atoms with Crippen LogP contribution in [0.5, 0.6) is 0 Å². The summed E-state index contributed by atoms with van der Waals surface area (Å²) < 4.78 is 26.9. The van der Waals surface area contributed by atoms with Crippen molar-refractivity contribution in [2.75, 3.05) is 32.7 Å². The average Bonchev–Trinajstić information content (AvgIpc) is 2.67. The lowest BCUT2D eigenvalue weighted by molar-refractivity contribution is 0.0952. The summed E-state index contributed by atoms with van der Waals surface area (Å²) in [5.74, 6) is 0.111. The third kappa shape index (κ3) is 4.51. The molecule has 0 bridgehead atoms. The minimum atomic E-state index is -3.53. The second-order valence-electron chi connectivity index (χ2n) is 6.24. The van der Waals surface area contributed by atoms with Gasteiger partial charge in [0.15, 0.2) is 5.78 Å². The highest BCUT2D eigenvalue weighted by atomic mass is 35.5. The van der Waals surface area contributed by atoms with Crippen molar-refractivity contribution in [2.24, 2.45) is 0 Å². The van der Waals surface area contributed by atoms with Gasteiger partial charge in [0.2, 0.25) is 10.0 Å². The highest BCUT2D eigenvalue weighted by Crippen LogP contribution is 2.21. The Bertz CT molecular complexity index is 863. The van der Waals surface area contributed by atoms with Crippen LogP contribution in [0.2, 0.25) is 5.02 Å². The van der Waals surface area contributed by atoms with Gasteiger partial charge in [0.05, 0.1) is 4.90 Å². The van der Waals surface area contributed by atoms with E-state index in [1.54, 1.807) is 18.2 Å². The molecule has 1 saturated heterocycles. The van der Waals surface area contributed by atoms with E-state index in [0.29, 0.717) is 44.2 Å². The number of halogens is 1. The van der Waals surface area contributed by atoms with Crippen molar-refractivity contribution < 1.29 is 13.2 Å². The van der Waals surface area contributed by atoms with Crippen LogP contribution in [-0.4, -0.2) is 56.1 Å². The van der Waals surface area contributed by atoms with Gasteiger partial charge in [-0.1, -0.05) is 48.0 Å². The third-order valence-electron chi connectivity index (χ3n) is 4.52. The summed E-state index contributed by atoms with van der Waals surface area (Å²) in [6, 6.07) is 15.6. The number of nitrogens with zero attached hydrogens (tertiary/aromatic N) is 2. The van der Waals surface area contributed by atoms with E-state index in [2.05, 4.69) is 4.90 Å². The Kier molecular flexibility index (Phi) is 6.09. The molecular formula is C19H21ClN2O3S. The first-order valence-electron chi connectivity index (χ1n) is 8.53. The van der Waals surface area contributed by atoms with Gasteiger partial charge in [0, 0.05) is 49.7 Å². The summed E-state index contributed by atoms with van der Waals surface area (Å²) >= 11 is 5.91. The number of Topliss-reactive ketones (excluding diaryl/α,β-unsaturated/α-hetero) is 1. The second-order valence-corrected chi connectivity index (χ2v) is 8.62. The van der Waals surface area contributed by atoms with Gasteiger partial charge in [-0.3, -0.25) is 4.79 Å². The molecule has 0 amide bonds. The summed E-state index contributed by atoms with van der Waals surface area (Å²) in [7, 11) is -3.53. The van der Waals surface area contributed by atoms with Gasteiger partial charge < -0.3 is 4.90 Å². The molecule has 0 saturated carbocycles. The molecule has 1 heterocycles. The Balaban J connectivity index is 1.53. The van der Waals surface area contributed by atoms with Gasteiger partial charge in [0.25, 0.3) is 0 Å². The van der Waals surface area contributed by atoms with Crippen LogP contribution in [0.3, 0.4) is 0 Å². The zero-order chi connectivity index (χ0) is 18.6. The molecule has 138 valence electrons. The zero-order valence-corrected chi connectivity index (χ0v) is 15.9. The van der Waals surface area contributed by atoms with Crippen LogP contribution in [0.4, 0.5) is 0 Å². The molecular weight excluding hydrogens is 372 g/mol. The second kappa shape index (κ2) is 8.31. The molecule has 0 spiro atoms. The fourth-order valence-corrected chi connectivity index (χ4v) is 4.72. The molecule has 2 aromatic carbocycles. The maximum Gasteiger partial charge on any atom is 0.243 e. The predicted octanol–water partition coefficient (Wildman–Crippen LogP) is 2.92. The van der Waals surface area contributed by atoms with Gasteiger partial charge in [-0.25, -0.2) is 8.42 Å². The lowest BCUT2D eigenvalue weighted by Gasteiger charge is -2.33. The quantitative estimate of drug-likeness (QED) is 0.709. The van der Waals surface area contributed by atoms with Gasteiger partial charge in [-0.2, -0.15) is 4.31 Å². The van der Waals surface area contributed by atoms with E-state index in [0.717, 1.165) is 5.56 Å². The Morgan fingerprint density at radius 3 is 2.31 bits per heavy atom. The van der Waals surface area contributed by atoms with E-state index >= 15 is 0 Å². The van der Waals surface area contributed by atoms with Crippen molar-refractivity contribution in [3.8, 4) is 0 Å². The molecule has 0 radical (unpaired) electrons. The number of hydrogen-bond acceptors (Lipinski definition) is 4. The van der Waals surface area contributed by atoms with E-state index in [1.165, 1.54) is 10.4 Å². The van der Waals surface area contributed by atoms with Crippen LogP contribution in [-0.2, 0) is 10.0 Å². The van der Waals surface area contributed by atoms with Crippen molar-refractivity contribution in [3.05, 3.63) is 65.2 Å². The van der Waals surface area contributed by atoms with Gasteiger partial charge in [-0.15, -0.1) is 0 Å². The average molecular weight is 393 g/mol. The normalized spacial score (nSPS) is 16.5. The van der Waals surface area contributed by atoms with Crippen molar-refractivity contribution in [2.45, 2.75) is 11.3 Å². The lowest BCUT2D eigenvalue weighted by Crippen LogP contribution is -2.48. The summed E-state index contributed by atoms with van der Waals surface area (Å²) in [5.41, 5.74) is 0.717. The van der Waals surface area contributed by atoms with E-state index in [4.69, 9.17) is 11.6 Å². The maximum absolute atomic E-state index is 12.7. The Morgan fingerprint density at radius 1 is 0.962 bits per heavy atom. The Hall–Kier alpha value is -1.73. The maximum atomic E-state index is 12.7. The zero-order valence-electron chi connectivity index (χ0n) is 14.3. The SMILES string of the molecule is O=C(CCN1CCN(S(=O)(=O)c2cccc(Cl)c2)CC1)c1ccccc1. The number of hydrogen-bond donors (Lipinski definition) is 0. The van der Waals surface area contributed by atoms with Crippen molar-refractivity contribution in [3.63, 3.8) is 0 Å². The standard InChI is InChI=1S/C19H21ClN2O3S/c20-17-7-4-8-18(15-17)26(24,25)22-13-11-21(12-14-22)10-9-19(23)16-5-2-1-3-6-16/h1-8,15H,9-14H2. The minimum Gasteiger partial charge on any atom is -0.300 e. The molecule has 1 aliphatic rings. The minimum absolute atomic E-state index is 0.111. The molecule has 7 heteroatoms. The number of ketones is 1. The first-order chi connectivity index (χ1) is 12.5. The fraction of sp³-hybridized carbons (Fsp3) is 0.316. The number of piperazine rings is 1. The topological polar surface area (TPSA) is 57.7 Å². The van der Waals surface area contributed by atoms with Crippen molar-refractivity contribution in [1.29, 1.82) is 0 Å². The number of carbonyl (C=O) groups is 1. The first-order valence-corrected chi connectivity index (χ1v) is 10.3. The summed E-state index contributed by atoms with van der Waals surface area (Å²) in [4.78, 5) is 14.5. The number of carbonyl (C=O) groups excluding carboxylic acids is 1. The number of rotatable bonds is 6. The summed E-state index contributed by atoms with van der Waals surface area (Å²) in [6.07, 6.45) is 0.436. The summed E-state index contributed by atoms with van der Waals surface area (Å²) in [6.45, 7) is 2.69. The molecule has 2 aromatic rings. The Morgan fingerprint density at radius 2 is 1.65 bits per heavy atom. The Labute approximate surface area is 159 Å². The van der Waals surface area contributed by atoms with Gasteiger partial charge >= 0.3 is 0 Å². The van der Waals surface area contributed by atoms with E-state index in [-0.39, 0.29) is 10.7 Å². The van der Waals surface area contributed by atoms with Crippen LogP contribution in [0.25, 0.3) is 0 Å². The fourth-order valence-electron chi connectivity index (χ4n) is 3.00. The largest absolute Gasteiger partial charge is 0.300 e. The molecule has 0 N–H and O–H groups in total. The molecule has 1 aliphatic heterocycles. The number of benzene rings is 2. The highest BCUT2D eigenvalue weighted by molar-refractivity contribution is 7.89. The van der Waals surface area contributed by atoms with Crippen LogP contribution in [0.1, 0.15) is 16.8 Å². The molecule has 0 unspecified atom stereocenters. The predicted molar refractivity (Wildman–Crippen MR) is 102 cm³/mol. The lowest BCUT2D eigenvalue weighted by atomic mass is 10.1. The van der Waals surface area contributed by atoms with Crippen LogP contribution in [0, 0.1) is 0 Å². The van der Waals surface area contributed by atoms with E-state index in [1.807, 2.05) is 30.3 Å². The highest BCUT2D eigenvalue weighted by Gasteiger charge is 2.28. The van der Waals surface area contributed by atoms with Crippen LogP contribution >= 0.6 is 11.6 Å². The van der Waals surface area contributed by atoms with Crippen molar-refractivity contribution in [1.82, 2.24) is 9.21 Å². The summed E-state index contributed by atoms with van der Waals surface area (Å²) in [5, 5.41) is 0.407. The molecule has 0 aromatic heterocycles. The first kappa shape index (κ1) is 19.0. The van der Waals surface area contributed by atoms with Gasteiger partial charge in [0.1, 0.15) is 0 Å². The van der Waals surface area contributed by atoms with E-state index < -0.39 is 10.0 Å². The third-order valence-corrected chi connectivity index (χ3v) is 6.65. The molecule has 1 fully saturated rings. The molecule has 0 atom stereocenters. The number of sulfonamides is 1. The molecule has 3 rings (SSSR count). The van der Waals surface area contributed by atoms with Crippen molar-refractivity contribution >= 4 is 27.4 Å². The monoisotopic (exact) mass is 392 g/mol. The van der Waals surface area contributed by atoms with E-state index in [9.17, 15) is 13.2 Å². The smallest absolute Gasteiger partial charge is 0.243 e. The van der Waals surface area contributed by atoms with Crippen LogP contribution < -0.4 is 0 Å². The molecule has 26 heavy (non-hydrogen) atoms.